The van der Waals surface area contributed by atoms with Crippen LogP contribution < -0.4 is 16.8 Å². The molecule has 1 aliphatic carbocycles. The standard InChI is InChI=1S/C23H27N7O2/c1-15-2-4-16(5-3-15)13-30-22(24)21(11-26-30)27-19-7-6-18(10-20(19)28-23(25)32)29-9-8-17(12-29)14-31/h2-7,10-11,17,31H,8-9,12-14H2,1H3,(H4,24,25,26,28,32)/p+1. The maximum Gasteiger partial charge on any atom is 0.316 e. The second-order valence-corrected chi connectivity index (χ2v) is 8.14. The van der Waals surface area contributed by atoms with Crippen molar-refractivity contribution in [2.24, 2.45) is 16.6 Å². The Bertz CT molecular complexity index is 1140. The fourth-order valence-corrected chi connectivity index (χ4v) is 3.86. The lowest BCUT2D eigenvalue weighted by Gasteiger charge is -2.12. The molecule has 2 amide bonds. The molecule has 1 aromatic heterocycles. The number of nitrogens with zero attached hydrogens (tertiary/aromatic N) is 4. The molecule has 32 heavy (non-hydrogen) atoms. The fraction of sp³-hybridized carbons (Fsp3) is 0.304. The molecule has 166 valence electrons. The van der Waals surface area contributed by atoms with Gasteiger partial charge in [0.2, 0.25) is 5.71 Å². The molecular weight excluding hydrogens is 406 g/mol. The number of aryl methyl sites for hydroxylation is 1. The maximum atomic E-state index is 11.6. The van der Waals surface area contributed by atoms with Crippen molar-refractivity contribution in [3.05, 3.63) is 65.5 Å². The Labute approximate surface area is 186 Å². The van der Waals surface area contributed by atoms with E-state index in [1.807, 2.05) is 49.4 Å². The van der Waals surface area contributed by atoms with Crippen LogP contribution in [0.1, 0.15) is 17.5 Å². The van der Waals surface area contributed by atoms with E-state index in [-0.39, 0.29) is 12.5 Å². The number of allylic oxidation sites excluding steroid dienone is 3. The lowest BCUT2D eigenvalue weighted by atomic mass is 10.1. The van der Waals surface area contributed by atoms with Gasteiger partial charge in [0, 0.05) is 24.5 Å². The van der Waals surface area contributed by atoms with Crippen LogP contribution in [0.2, 0.25) is 0 Å². The van der Waals surface area contributed by atoms with Crippen LogP contribution in [0.3, 0.4) is 0 Å². The first-order valence-corrected chi connectivity index (χ1v) is 10.6. The van der Waals surface area contributed by atoms with E-state index >= 15 is 0 Å². The zero-order valence-corrected chi connectivity index (χ0v) is 18.0. The number of primary amides is 1. The lowest BCUT2D eigenvalue weighted by molar-refractivity contribution is -0.507. The molecule has 2 aliphatic rings. The van der Waals surface area contributed by atoms with Gasteiger partial charge in [-0.15, -0.1) is 0 Å². The first-order chi connectivity index (χ1) is 15.4. The Balaban J connectivity index is 1.60. The van der Waals surface area contributed by atoms with Gasteiger partial charge < -0.3 is 21.9 Å². The SMILES string of the molecule is Cc1ccc(Cn2ncc(/N=C3C=C/C(=[N+]4/CCC(CO)C4)C=C/3NC(N)=O)c2N)cc1. The number of urea groups is 1. The molecule has 4 rings (SSSR count). The van der Waals surface area contributed by atoms with Crippen LogP contribution in [0.15, 0.2) is 59.4 Å². The number of amides is 2. The number of aromatic nitrogens is 2. The number of nitrogen functional groups attached to an aromatic ring is 1. The molecule has 1 aromatic carbocycles. The first-order valence-electron chi connectivity index (χ1n) is 10.6. The summed E-state index contributed by atoms with van der Waals surface area (Å²) in [6.45, 7) is 4.36. The topological polar surface area (TPSA) is 135 Å². The van der Waals surface area contributed by atoms with E-state index in [0.717, 1.165) is 30.8 Å². The second kappa shape index (κ2) is 9.19. The van der Waals surface area contributed by atoms with E-state index in [4.69, 9.17) is 11.5 Å². The number of hydrogen-bond donors (Lipinski definition) is 4. The number of aliphatic imine (C=N–C) groups is 1. The molecule has 1 unspecified atom stereocenters. The number of anilines is 1. The Kier molecular flexibility index (Phi) is 6.18. The average molecular weight is 435 g/mol. The predicted molar refractivity (Wildman–Crippen MR) is 124 cm³/mol. The number of aliphatic hydroxyl groups excluding tert-OH is 1. The summed E-state index contributed by atoms with van der Waals surface area (Å²) < 4.78 is 3.86. The third-order valence-electron chi connectivity index (χ3n) is 5.70. The number of nitrogens with one attached hydrogen (secondary N) is 1. The van der Waals surface area contributed by atoms with Gasteiger partial charge in [-0.1, -0.05) is 29.8 Å². The molecule has 1 atom stereocenters. The minimum Gasteiger partial charge on any atom is -0.396 e. The predicted octanol–water partition coefficient (Wildman–Crippen LogP) is 1.48. The summed E-state index contributed by atoms with van der Waals surface area (Å²) in [6.07, 6.45) is 8.15. The van der Waals surface area contributed by atoms with Crippen LogP contribution in [0.25, 0.3) is 0 Å². The highest BCUT2D eigenvalue weighted by atomic mass is 16.3. The third-order valence-corrected chi connectivity index (χ3v) is 5.70. The van der Waals surface area contributed by atoms with Crippen molar-refractivity contribution >= 4 is 29.0 Å². The van der Waals surface area contributed by atoms with E-state index in [9.17, 15) is 9.90 Å². The Hall–Kier alpha value is -3.72. The summed E-state index contributed by atoms with van der Waals surface area (Å²) in [5, 5.41) is 16.4. The van der Waals surface area contributed by atoms with Gasteiger partial charge in [0.15, 0.2) is 0 Å². The van der Waals surface area contributed by atoms with E-state index < -0.39 is 6.03 Å². The summed E-state index contributed by atoms with van der Waals surface area (Å²) in [6, 6.07) is 7.51. The van der Waals surface area contributed by atoms with Crippen molar-refractivity contribution in [2.45, 2.75) is 19.9 Å². The van der Waals surface area contributed by atoms with Crippen LogP contribution in [0, 0.1) is 12.8 Å². The van der Waals surface area contributed by atoms with Crippen molar-refractivity contribution in [1.29, 1.82) is 0 Å². The van der Waals surface area contributed by atoms with Crippen molar-refractivity contribution in [3.8, 4) is 0 Å². The van der Waals surface area contributed by atoms with E-state index in [0.29, 0.717) is 29.5 Å². The van der Waals surface area contributed by atoms with E-state index in [1.165, 1.54) is 5.56 Å². The van der Waals surface area contributed by atoms with Gasteiger partial charge >= 0.3 is 6.03 Å². The Morgan fingerprint density at radius 2 is 2.12 bits per heavy atom. The maximum absolute atomic E-state index is 11.6. The first kappa shape index (κ1) is 21.5. The largest absolute Gasteiger partial charge is 0.396 e. The number of rotatable bonds is 5. The van der Waals surface area contributed by atoms with Crippen LogP contribution in [0.5, 0.6) is 0 Å². The summed E-state index contributed by atoms with van der Waals surface area (Å²) in [5.74, 6) is 0.691. The van der Waals surface area contributed by atoms with Crippen LogP contribution >= 0.6 is 0 Å². The molecule has 2 heterocycles. The summed E-state index contributed by atoms with van der Waals surface area (Å²) in [5.41, 5.74) is 16.4. The number of carbonyl (C=O) groups is 1. The molecule has 1 fully saturated rings. The number of aliphatic hydroxyl groups is 1. The van der Waals surface area contributed by atoms with Gasteiger partial charge in [-0.05, 0) is 18.6 Å². The molecule has 0 saturated carbocycles. The highest BCUT2D eigenvalue weighted by Gasteiger charge is 2.28. The van der Waals surface area contributed by atoms with E-state index in [2.05, 4.69) is 20.0 Å². The van der Waals surface area contributed by atoms with Crippen LogP contribution in [-0.2, 0) is 6.54 Å². The van der Waals surface area contributed by atoms with Crippen LogP contribution in [-0.4, -0.2) is 56.6 Å². The molecule has 0 spiro atoms. The summed E-state index contributed by atoms with van der Waals surface area (Å²) >= 11 is 0. The smallest absolute Gasteiger partial charge is 0.316 e. The third kappa shape index (κ3) is 4.78. The molecule has 9 nitrogen and oxygen atoms in total. The number of carbonyl (C=O) groups excluding carboxylic acids is 1. The van der Waals surface area contributed by atoms with Gasteiger partial charge in [0.05, 0.1) is 30.8 Å². The zero-order valence-electron chi connectivity index (χ0n) is 18.0. The molecule has 9 heteroatoms. The highest BCUT2D eigenvalue weighted by Crippen LogP contribution is 2.24. The van der Waals surface area contributed by atoms with Crippen molar-refractivity contribution in [2.75, 3.05) is 25.4 Å². The molecule has 1 aliphatic heterocycles. The molecular formula is C23H28N7O2+. The molecule has 0 bridgehead atoms. The van der Waals surface area contributed by atoms with Gasteiger partial charge in [0.25, 0.3) is 0 Å². The Morgan fingerprint density at radius 1 is 1.34 bits per heavy atom. The number of hydrogen-bond acceptors (Lipinski definition) is 5. The minimum atomic E-state index is -0.670. The highest BCUT2D eigenvalue weighted by molar-refractivity contribution is 6.21. The van der Waals surface area contributed by atoms with Crippen molar-refractivity contribution in [3.63, 3.8) is 0 Å². The van der Waals surface area contributed by atoms with Gasteiger partial charge in [0.1, 0.15) is 24.6 Å². The summed E-state index contributed by atoms with van der Waals surface area (Å²) in [4.78, 5) is 16.2. The number of nitrogens with two attached hydrogens (primary N) is 2. The molecule has 0 radical (unpaired) electrons. The average Bonchev–Trinajstić information content (AvgIpc) is 3.38. The van der Waals surface area contributed by atoms with Gasteiger partial charge in [-0.25, -0.2) is 19.0 Å². The van der Waals surface area contributed by atoms with Crippen molar-refractivity contribution in [1.82, 2.24) is 15.1 Å². The van der Waals surface area contributed by atoms with Gasteiger partial charge in [-0.3, -0.25) is 0 Å². The molecule has 6 N–H and O–H groups in total. The van der Waals surface area contributed by atoms with Crippen molar-refractivity contribution < 1.29 is 14.5 Å². The van der Waals surface area contributed by atoms with E-state index in [1.54, 1.807) is 10.9 Å². The molecule has 2 aromatic rings. The normalized spacial score (nSPS) is 21.8. The quantitative estimate of drug-likeness (QED) is 0.419. The second-order valence-electron chi connectivity index (χ2n) is 8.14. The molecule has 1 saturated heterocycles. The summed E-state index contributed by atoms with van der Waals surface area (Å²) in [7, 11) is 0. The lowest BCUT2D eigenvalue weighted by Crippen LogP contribution is -2.34. The Morgan fingerprint density at radius 3 is 2.81 bits per heavy atom. The number of benzene rings is 1. The monoisotopic (exact) mass is 434 g/mol. The minimum absolute atomic E-state index is 0.169. The fourth-order valence-electron chi connectivity index (χ4n) is 3.86. The van der Waals surface area contributed by atoms with Crippen LogP contribution in [0.4, 0.5) is 16.3 Å². The zero-order chi connectivity index (χ0) is 22.7. The van der Waals surface area contributed by atoms with Gasteiger partial charge in [-0.2, -0.15) is 5.10 Å².